The third kappa shape index (κ3) is 3.07. The number of likely N-dealkylation sites (tertiary alicyclic amines) is 1. The van der Waals surface area contributed by atoms with Crippen molar-refractivity contribution in [2.45, 2.75) is 25.4 Å². The highest BCUT2D eigenvalue weighted by Gasteiger charge is 2.47. The van der Waals surface area contributed by atoms with Crippen molar-refractivity contribution in [3.8, 4) is 0 Å². The molecule has 2 amide bonds. The monoisotopic (exact) mass is 364 g/mol. The van der Waals surface area contributed by atoms with Crippen molar-refractivity contribution in [1.82, 2.24) is 4.90 Å². The fraction of sp³-hybridized carbons (Fsp3) is 0.286. The van der Waals surface area contributed by atoms with E-state index >= 15 is 0 Å². The van der Waals surface area contributed by atoms with Crippen LogP contribution < -0.4 is 5.32 Å². The molecular weight excluding hydrogens is 344 g/mol. The second kappa shape index (κ2) is 6.54. The van der Waals surface area contributed by atoms with Gasteiger partial charge in [-0.05, 0) is 30.3 Å². The Morgan fingerprint density at radius 2 is 1.70 bits per heavy atom. The number of anilines is 1. The number of nitrogens with zero attached hydrogens (tertiary/aromatic N) is 1. The van der Waals surface area contributed by atoms with Crippen molar-refractivity contribution in [1.29, 1.82) is 0 Å². The van der Waals surface area contributed by atoms with Gasteiger partial charge in [-0.1, -0.05) is 18.2 Å². The van der Waals surface area contributed by atoms with Crippen LogP contribution in [0.2, 0.25) is 0 Å². The van der Waals surface area contributed by atoms with Crippen LogP contribution in [-0.4, -0.2) is 35.8 Å². The van der Waals surface area contributed by atoms with Gasteiger partial charge in [0.25, 0.3) is 5.91 Å². The molecule has 0 aliphatic carbocycles. The topological polar surface area (TPSA) is 75.7 Å². The molecule has 2 aromatic carbocycles. The quantitative estimate of drug-likeness (QED) is 0.832. The van der Waals surface area contributed by atoms with Crippen LogP contribution in [0.1, 0.15) is 46.0 Å². The molecule has 6 heteroatoms. The summed E-state index contributed by atoms with van der Waals surface area (Å²) in [5, 5.41) is 2.68. The van der Waals surface area contributed by atoms with E-state index in [1.165, 1.54) is 6.92 Å². The maximum absolute atomic E-state index is 12.8. The normalized spacial score (nSPS) is 17.4. The van der Waals surface area contributed by atoms with E-state index < -0.39 is 5.60 Å². The van der Waals surface area contributed by atoms with E-state index in [0.717, 1.165) is 5.56 Å². The van der Waals surface area contributed by atoms with Crippen LogP contribution in [0.5, 0.6) is 0 Å². The van der Waals surface area contributed by atoms with Crippen LogP contribution >= 0.6 is 0 Å². The van der Waals surface area contributed by atoms with Gasteiger partial charge in [0.2, 0.25) is 5.91 Å². The first-order chi connectivity index (χ1) is 13.0. The Morgan fingerprint density at radius 3 is 2.37 bits per heavy atom. The minimum Gasteiger partial charge on any atom is -0.450 e. The molecule has 0 aromatic heterocycles. The lowest BCUT2D eigenvalue weighted by atomic mass is 9.83. The summed E-state index contributed by atoms with van der Waals surface area (Å²) in [4.78, 5) is 37.8. The van der Waals surface area contributed by atoms with Crippen LogP contribution in [0, 0.1) is 0 Å². The largest absolute Gasteiger partial charge is 0.450 e. The minimum atomic E-state index is -0.611. The van der Waals surface area contributed by atoms with Gasteiger partial charge >= 0.3 is 5.97 Å². The van der Waals surface area contributed by atoms with Crippen molar-refractivity contribution in [3.63, 3.8) is 0 Å². The van der Waals surface area contributed by atoms with Crippen molar-refractivity contribution in [2.75, 3.05) is 18.4 Å². The molecule has 1 saturated heterocycles. The van der Waals surface area contributed by atoms with E-state index in [0.29, 0.717) is 42.7 Å². The molecule has 2 aliphatic heterocycles. The number of hydrogen-bond donors (Lipinski definition) is 1. The third-order valence-electron chi connectivity index (χ3n) is 5.24. The van der Waals surface area contributed by atoms with Gasteiger partial charge < -0.3 is 15.0 Å². The van der Waals surface area contributed by atoms with Gasteiger partial charge in [0.1, 0.15) is 5.60 Å². The number of ether oxygens (including phenoxy) is 1. The van der Waals surface area contributed by atoms with Gasteiger partial charge in [-0.3, -0.25) is 9.59 Å². The van der Waals surface area contributed by atoms with Gasteiger partial charge in [0, 0.05) is 49.7 Å². The summed E-state index contributed by atoms with van der Waals surface area (Å²) in [6.45, 7) is 2.48. The summed E-state index contributed by atoms with van der Waals surface area (Å²) < 4.78 is 5.73. The van der Waals surface area contributed by atoms with Gasteiger partial charge in [0.05, 0.1) is 5.56 Å². The molecule has 1 spiro atoms. The predicted octanol–water partition coefficient (Wildman–Crippen LogP) is 2.95. The SMILES string of the molecule is CC(=O)Nc1ccc(C(=O)N2CCC3(CC2)OC(=O)c2ccccc23)cc1. The van der Waals surface area contributed by atoms with E-state index in [2.05, 4.69) is 5.32 Å². The Labute approximate surface area is 157 Å². The number of carbonyl (C=O) groups is 3. The summed E-state index contributed by atoms with van der Waals surface area (Å²) in [6, 6.07) is 14.3. The fourth-order valence-electron chi connectivity index (χ4n) is 3.87. The molecule has 1 N–H and O–H groups in total. The van der Waals surface area contributed by atoms with Gasteiger partial charge in [-0.25, -0.2) is 4.79 Å². The first-order valence-electron chi connectivity index (χ1n) is 8.98. The number of amides is 2. The minimum absolute atomic E-state index is 0.0585. The van der Waals surface area contributed by atoms with Crippen molar-refractivity contribution >= 4 is 23.5 Å². The number of piperidine rings is 1. The van der Waals surface area contributed by atoms with Gasteiger partial charge in [0.15, 0.2) is 0 Å². The fourth-order valence-corrected chi connectivity index (χ4v) is 3.87. The smallest absolute Gasteiger partial charge is 0.339 e. The number of rotatable bonds is 2. The highest BCUT2D eigenvalue weighted by atomic mass is 16.6. The molecule has 2 aliphatic rings. The number of benzene rings is 2. The summed E-state index contributed by atoms with van der Waals surface area (Å²) in [5.41, 5.74) is 2.18. The van der Waals surface area contributed by atoms with Crippen LogP contribution in [0.3, 0.4) is 0 Å². The first-order valence-corrected chi connectivity index (χ1v) is 8.98. The highest BCUT2D eigenvalue weighted by molar-refractivity contribution is 5.96. The molecule has 2 heterocycles. The molecule has 138 valence electrons. The molecule has 0 atom stereocenters. The standard InChI is InChI=1S/C21H20N2O4/c1-14(24)22-16-8-6-15(7-9-16)19(25)23-12-10-21(11-13-23)18-5-3-2-4-17(18)20(26)27-21/h2-9H,10-13H2,1H3,(H,22,24). The summed E-state index contributed by atoms with van der Waals surface area (Å²) in [7, 11) is 0. The molecule has 6 nitrogen and oxygen atoms in total. The summed E-state index contributed by atoms with van der Waals surface area (Å²) >= 11 is 0. The Morgan fingerprint density at radius 1 is 1.04 bits per heavy atom. The van der Waals surface area contributed by atoms with Crippen LogP contribution in [0.25, 0.3) is 0 Å². The molecule has 0 unspecified atom stereocenters. The zero-order valence-corrected chi connectivity index (χ0v) is 15.0. The van der Waals surface area contributed by atoms with Crippen molar-refractivity contribution in [2.24, 2.45) is 0 Å². The lowest BCUT2D eigenvalue weighted by Crippen LogP contribution is -2.45. The molecule has 2 aromatic rings. The van der Waals surface area contributed by atoms with Crippen molar-refractivity contribution in [3.05, 3.63) is 65.2 Å². The average molecular weight is 364 g/mol. The van der Waals surface area contributed by atoms with E-state index in [1.54, 1.807) is 35.2 Å². The molecular formula is C21H20N2O4. The van der Waals surface area contributed by atoms with E-state index in [1.807, 2.05) is 18.2 Å². The number of esters is 1. The van der Waals surface area contributed by atoms with E-state index in [9.17, 15) is 14.4 Å². The zero-order chi connectivity index (χ0) is 19.0. The molecule has 0 radical (unpaired) electrons. The molecule has 0 bridgehead atoms. The lowest BCUT2D eigenvalue weighted by Gasteiger charge is -2.38. The Hall–Kier alpha value is -3.15. The molecule has 4 rings (SSSR count). The first kappa shape index (κ1) is 17.3. The number of fused-ring (bicyclic) bond motifs is 2. The Balaban J connectivity index is 1.46. The number of carbonyl (C=O) groups excluding carboxylic acids is 3. The molecule has 1 fully saturated rings. The van der Waals surface area contributed by atoms with Gasteiger partial charge in [-0.2, -0.15) is 0 Å². The second-order valence-corrected chi connectivity index (χ2v) is 6.98. The van der Waals surface area contributed by atoms with Crippen molar-refractivity contribution < 1.29 is 19.1 Å². The van der Waals surface area contributed by atoms with Crippen LogP contribution in [0.15, 0.2) is 48.5 Å². The maximum Gasteiger partial charge on any atom is 0.339 e. The highest BCUT2D eigenvalue weighted by Crippen LogP contribution is 2.44. The molecule has 0 saturated carbocycles. The predicted molar refractivity (Wildman–Crippen MR) is 99.4 cm³/mol. The maximum atomic E-state index is 12.8. The second-order valence-electron chi connectivity index (χ2n) is 6.98. The third-order valence-corrected chi connectivity index (χ3v) is 5.24. The van der Waals surface area contributed by atoms with E-state index in [-0.39, 0.29) is 17.8 Å². The average Bonchev–Trinajstić information content (AvgIpc) is 2.94. The number of hydrogen-bond acceptors (Lipinski definition) is 4. The lowest BCUT2D eigenvalue weighted by molar-refractivity contribution is -0.114. The summed E-state index contributed by atoms with van der Waals surface area (Å²) in [5.74, 6) is -0.488. The van der Waals surface area contributed by atoms with Gasteiger partial charge in [-0.15, -0.1) is 0 Å². The van der Waals surface area contributed by atoms with Crippen LogP contribution in [0.4, 0.5) is 5.69 Å². The number of nitrogens with one attached hydrogen (secondary N) is 1. The van der Waals surface area contributed by atoms with E-state index in [4.69, 9.17) is 4.74 Å². The zero-order valence-electron chi connectivity index (χ0n) is 15.0. The Bertz CT molecular complexity index is 912. The summed E-state index contributed by atoms with van der Waals surface area (Å²) in [6.07, 6.45) is 1.18. The Kier molecular flexibility index (Phi) is 4.18. The molecule has 27 heavy (non-hydrogen) atoms. The van der Waals surface area contributed by atoms with Crippen LogP contribution in [-0.2, 0) is 15.1 Å².